The predicted molar refractivity (Wildman–Crippen MR) is 358 cm³/mol. The average molecular weight is 1220 g/mol. The zero-order valence-corrected chi connectivity index (χ0v) is 53.3. The number of H-pyrrole nitrogens is 1. The number of carbonyl (C=O) groups excluding carboxylic acids is 1. The fourth-order valence-corrected chi connectivity index (χ4v) is 22.2. The number of aliphatic imine (C=N–C) groups is 1. The van der Waals surface area contributed by atoms with Crippen LogP contribution in [0.25, 0.3) is 15.8 Å². The summed E-state index contributed by atoms with van der Waals surface area (Å²) >= 11 is 3.30. The Hall–Kier alpha value is -6.71. The maximum Gasteiger partial charge on any atom is 0.189 e. The number of rotatable bonds is 12. The molecular formula is C76H85N7O4S2. The van der Waals surface area contributed by atoms with Gasteiger partial charge in [-0.15, -0.1) is 28.6 Å². The highest BCUT2D eigenvalue weighted by Gasteiger charge is 2.73. The highest BCUT2D eigenvalue weighted by molar-refractivity contribution is 7.23. The molecular weight excluding hydrogens is 1140 g/mol. The van der Waals surface area contributed by atoms with Crippen LogP contribution >= 0.6 is 22.7 Å². The van der Waals surface area contributed by atoms with Crippen LogP contribution in [-0.2, 0) is 19.3 Å². The lowest BCUT2D eigenvalue weighted by Gasteiger charge is -2.57. The number of nitrogens with two attached hydrogens (primary N) is 1. The highest BCUT2D eigenvalue weighted by atomic mass is 32.1. The van der Waals surface area contributed by atoms with Crippen LogP contribution in [0.15, 0.2) is 115 Å². The number of phenolic OH excluding ortho intramolecular Hbond substituents is 1. The molecule has 2 aliphatic heterocycles. The van der Waals surface area contributed by atoms with Crippen molar-refractivity contribution < 1.29 is 20.1 Å². The lowest BCUT2D eigenvalue weighted by molar-refractivity contribution is -0.0199. The third kappa shape index (κ3) is 9.98. The van der Waals surface area contributed by atoms with E-state index in [0.717, 1.165) is 131 Å². The lowest BCUT2D eigenvalue weighted by atomic mass is 9.46. The zero-order chi connectivity index (χ0) is 60.8. The Labute approximate surface area is 533 Å². The minimum Gasteiger partial charge on any atom is -0.507 e. The van der Waals surface area contributed by atoms with Gasteiger partial charge in [-0.1, -0.05) is 110 Å². The Morgan fingerprint density at radius 2 is 1.79 bits per heavy atom. The molecule has 3 spiro atoms. The Kier molecular flexibility index (Phi) is 15.3. The number of thiophene rings is 2. The first-order valence-corrected chi connectivity index (χ1v) is 34.9. The number of hydrogen-bond donors (Lipinski definition) is 8. The molecule has 15 atom stereocenters. The number of aromatic amines is 1. The molecule has 0 amide bonds. The number of imidazole rings is 1. The molecule has 4 fully saturated rings. The minimum atomic E-state index is -1.29. The van der Waals surface area contributed by atoms with E-state index in [9.17, 15) is 15.3 Å². The van der Waals surface area contributed by atoms with E-state index in [1.807, 2.05) is 44.6 Å². The molecule has 6 aromatic rings. The molecule has 5 heterocycles. The van der Waals surface area contributed by atoms with Crippen molar-refractivity contribution in [3.63, 3.8) is 0 Å². The Morgan fingerprint density at radius 3 is 2.60 bits per heavy atom. The van der Waals surface area contributed by atoms with Crippen LogP contribution in [0, 0.1) is 81.4 Å². The molecule has 11 nitrogen and oxygen atoms in total. The number of Topliss-reactive ketones (excluding diaryl/α,β-unsaturated/α-hetero) is 1. The third-order valence-corrected chi connectivity index (χ3v) is 26.2. The van der Waals surface area contributed by atoms with E-state index < -0.39 is 33.9 Å². The van der Waals surface area contributed by atoms with Gasteiger partial charge in [0, 0.05) is 75.4 Å². The van der Waals surface area contributed by atoms with E-state index in [0.29, 0.717) is 30.8 Å². The second kappa shape index (κ2) is 23.2. The monoisotopic (exact) mass is 1220 g/mol. The molecule has 15 rings (SSSR count). The normalized spacial score (nSPS) is 33.9. The number of allylic oxidation sites excluding steroid dienone is 1. The van der Waals surface area contributed by atoms with Gasteiger partial charge in [0.25, 0.3) is 0 Å². The summed E-state index contributed by atoms with van der Waals surface area (Å²) in [7, 11) is 2.05. The van der Waals surface area contributed by atoms with Crippen LogP contribution in [0.4, 0.5) is 5.69 Å². The van der Waals surface area contributed by atoms with Gasteiger partial charge in [-0.2, -0.15) is 0 Å². The number of aryl methyl sites for hydroxylation is 1. The number of carbonyl (C=O) groups is 1. The first-order valence-electron chi connectivity index (χ1n) is 33.3. The molecule has 9 aliphatic rings. The predicted octanol–water partition coefficient (Wildman–Crippen LogP) is 13.2. The summed E-state index contributed by atoms with van der Waals surface area (Å²) in [6, 6.07) is 27.6. The van der Waals surface area contributed by atoms with E-state index in [4.69, 9.17) is 10.7 Å². The van der Waals surface area contributed by atoms with Crippen molar-refractivity contribution in [3.05, 3.63) is 164 Å². The number of aromatic hydroxyl groups is 1. The van der Waals surface area contributed by atoms with Crippen molar-refractivity contribution in [2.75, 3.05) is 25.5 Å². The quantitative estimate of drug-likeness (QED) is 0.0194. The van der Waals surface area contributed by atoms with Gasteiger partial charge < -0.3 is 42.0 Å². The van der Waals surface area contributed by atoms with E-state index in [1.165, 1.54) is 23.1 Å². The fourth-order valence-electron chi connectivity index (χ4n) is 20.2. The number of nitrogens with one attached hydrogen (secondary N) is 4. The molecule has 7 aliphatic carbocycles. The molecule has 11 bridgehead atoms. The average Bonchev–Trinajstić information content (AvgIpc) is 1.53. The maximum absolute atomic E-state index is 16.6. The Bertz CT molecular complexity index is 3910. The van der Waals surface area contributed by atoms with Crippen LogP contribution < -0.4 is 21.7 Å². The maximum atomic E-state index is 16.6. The smallest absolute Gasteiger partial charge is 0.189 e. The number of benzene rings is 3. The van der Waals surface area contributed by atoms with Crippen molar-refractivity contribution in [1.82, 2.24) is 20.6 Å². The second-order valence-corrected chi connectivity index (χ2v) is 30.7. The number of aliphatic hydroxyl groups is 2. The van der Waals surface area contributed by atoms with E-state index in [-0.39, 0.29) is 77.4 Å². The van der Waals surface area contributed by atoms with Crippen molar-refractivity contribution in [2.24, 2.45) is 68.4 Å². The van der Waals surface area contributed by atoms with Crippen LogP contribution in [-0.4, -0.2) is 81.0 Å². The number of phenols is 1. The molecule has 15 unspecified atom stereocenters. The largest absolute Gasteiger partial charge is 0.507 e. The summed E-state index contributed by atoms with van der Waals surface area (Å²) in [6.07, 6.45) is 26.9. The highest BCUT2D eigenvalue weighted by Crippen LogP contribution is 2.78. The number of aliphatic hydroxyl groups excluding tert-OH is 1. The van der Waals surface area contributed by atoms with Gasteiger partial charge in [0.05, 0.1) is 45.0 Å². The summed E-state index contributed by atoms with van der Waals surface area (Å²) in [6.45, 7) is 4.66. The van der Waals surface area contributed by atoms with Gasteiger partial charge in [0.15, 0.2) is 11.7 Å². The SMILES string of the molecule is CC#Cc1ccc(-c2ccc(C(=O)C3CCC45C=CC6C(C7C#Cc8c(cc(O)c9c8NC(C=C9)C(C)(O)Cc8cccc9c8C(c8cnc[nH]8)CC(CCc8ccccc8)C97)CC4N=C(N)NC4CCCCC4)C4(CCC(CNC)C4CO)CC36C5)s2)s1. The number of aromatic nitrogens is 2. The van der Waals surface area contributed by atoms with Crippen LogP contribution in [0.1, 0.15) is 168 Å². The zero-order valence-electron chi connectivity index (χ0n) is 51.7. The second-order valence-electron chi connectivity index (χ2n) is 28.5. The lowest BCUT2D eigenvalue weighted by Crippen LogP contribution is -2.54. The standard InChI is InChI=1S/C76H85N7O4S2/c1-4-12-51-21-25-62(88-51)63-26-27-64(89-63)71(86)58-31-33-74-32-30-57-69(75(43-76(57,58)42-74)34-29-48(39-78-3)59(75)41-84)55-23-22-52-49(37-66(74)83-72(77)81-50-16-9-6-10-17-50)36-61(85)53-24-28-65(82-70(52)53)73(2,87)38-47-15-11-18-54-67(55)46(20-19-45-13-7-5-8-14-45)35-56(68(47)54)60-40-79-44-80-60/h5,7-8,11,13-15,18,21,24-28,30,32,36,40,44,46,48,50,55-59,65-67,69,78,82,84-85,87H,6,9-10,16-17,19-20,29,31,33-35,37-39,41-43H2,1-3H3,(H,79,80)(H3,77,81,83). The van der Waals surface area contributed by atoms with Crippen molar-refractivity contribution in [1.29, 1.82) is 0 Å². The summed E-state index contributed by atoms with van der Waals surface area (Å²) in [4.78, 5) is 34.6. The van der Waals surface area contributed by atoms with Crippen LogP contribution in [0.2, 0.25) is 0 Å². The molecule has 0 saturated heterocycles. The van der Waals surface area contributed by atoms with E-state index in [2.05, 4.69) is 142 Å². The van der Waals surface area contributed by atoms with Gasteiger partial charge in [-0.3, -0.25) is 4.79 Å². The summed E-state index contributed by atoms with van der Waals surface area (Å²) in [5, 5.41) is 49.5. The van der Waals surface area contributed by atoms with E-state index in [1.54, 1.807) is 22.7 Å². The number of hydrogen-bond acceptors (Lipinski definition) is 10. The van der Waals surface area contributed by atoms with Crippen LogP contribution in [0.3, 0.4) is 0 Å². The molecule has 4 saturated carbocycles. The number of anilines is 1. The van der Waals surface area contributed by atoms with Gasteiger partial charge in [0.1, 0.15) is 5.75 Å². The summed E-state index contributed by atoms with van der Waals surface area (Å²) in [5.74, 6) is 15.1. The Morgan fingerprint density at radius 1 is 0.944 bits per heavy atom. The van der Waals surface area contributed by atoms with Gasteiger partial charge in [0.2, 0.25) is 0 Å². The molecule has 89 heavy (non-hydrogen) atoms. The fraction of sp³-hybridized carbons (Fsp3) is 0.487. The molecule has 0 radical (unpaired) electrons. The minimum absolute atomic E-state index is 0.0345. The first kappa shape index (κ1) is 58.6. The molecule has 460 valence electrons. The number of guanidine groups is 1. The van der Waals surface area contributed by atoms with Crippen LogP contribution in [0.5, 0.6) is 5.75 Å². The summed E-state index contributed by atoms with van der Waals surface area (Å²) in [5.41, 5.74) is 13.6. The molecule has 3 aromatic heterocycles. The van der Waals surface area contributed by atoms with Gasteiger partial charge >= 0.3 is 0 Å². The Balaban J connectivity index is 1.01. The number of ketones is 1. The summed E-state index contributed by atoms with van der Waals surface area (Å²) < 4.78 is 0. The topological polar surface area (TPSA) is 181 Å². The third-order valence-electron chi connectivity index (χ3n) is 23.9. The van der Waals surface area contributed by atoms with Crippen molar-refractivity contribution in [3.8, 4) is 39.2 Å². The number of fused-ring (bicyclic) bond motifs is 5. The van der Waals surface area contributed by atoms with Crippen molar-refractivity contribution in [2.45, 2.75) is 152 Å². The molecule has 13 heteroatoms. The first-order chi connectivity index (χ1) is 43.3. The molecule has 9 N–H and O–H groups in total. The van der Waals surface area contributed by atoms with Gasteiger partial charge in [-0.05, 0) is 203 Å². The molecule has 3 aromatic carbocycles. The van der Waals surface area contributed by atoms with Crippen molar-refractivity contribution >= 4 is 46.2 Å². The number of nitrogens with zero attached hydrogens (tertiary/aromatic N) is 2. The van der Waals surface area contributed by atoms with Gasteiger partial charge in [-0.25, -0.2) is 9.98 Å². The van der Waals surface area contributed by atoms with E-state index >= 15 is 4.79 Å².